The minimum Gasteiger partial charge on any atom is -0.465 e. The Labute approximate surface area is 73.8 Å². The molecule has 2 N–H and O–H groups in total. The fourth-order valence-corrected chi connectivity index (χ4v) is 1.60. The van der Waals surface area contributed by atoms with Crippen LogP contribution in [0.5, 0.6) is 0 Å². The Hall–Kier alpha value is -0.910. The average molecular weight is 187 g/mol. The number of rotatable bonds is 3. The molecule has 1 heterocycles. The van der Waals surface area contributed by atoms with Gasteiger partial charge < -0.3 is 4.74 Å². The molecule has 0 fully saturated rings. The van der Waals surface area contributed by atoms with Gasteiger partial charge in [-0.05, 0) is 12.1 Å². The molecule has 66 valence electrons. The maximum Gasteiger partial charge on any atom is 0.348 e. The number of hydrogen-bond donors (Lipinski definition) is 1. The summed E-state index contributed by atoms with van der Waals surface area (Å²) in [5.41, 5.74) is 0. The first kappa shape index (κ1) is 9.18. The number of carbonyl (C=O) groups excluding carboxylic acids is 1. The SMILES string of the molecule is COC(=O)c1ccc(CON)s1. The van der Waals surface area contributed by atoms with E-state index in [4.69, 9.17) is 5.90 Å². The van der Waals surface area contributed by atoms with Gasteiger partial charge in [0, 0.05) is 4.88 Å². The van der Waals surface area contributed by atoms with Gasteiger partial charge in [-0.25, -0.2) is 10.7 Å². The summed E-state index contributed by atoms with van der Waals surface area (Å²) >= 11 is 1.31. The van der Waals surface area contributed by atoms with Crippen molar-refractivity contribution < 1.29 is 14.4 Å². The average Bonchev–Trinajstić information content (AvgIpc) is 2.52. The Morgan fingerprint density at radius 2 is 2.42 bits per heavy atom. The molecule has 0 bridgehead atoms. The lowest BCUT2D eigenvalue weighted by Crippen LogP contribution is -1.97. The van der Waals surface area contributed by atoms with Crippen LogP contribution in [0.15, 0.2) is 12.1 Å². The summed E-state index contributed by atoms with van der Waals surface area (Å²) in [6.45, 7) is 0.321. The van der Waals surface area contributed by atoms with Gasteiger partial charge in [0.1, 0.15) is 11.5 Å². The number of thiophene rings is 1. The van der Waals surface area contributed by atoms with Gasteiger partial charge in [-0.15, -0.1) is 11.3 Å². The molecule has 0 amide bonds. The lowest BCUT2D eigenvalue weighted by molar-refractivity contribution is 0.0606. The van der Waals surface area contributed by atoms with Crippen LogP contribution in [0.25, 0.3) is 0 Å². The van der Waals surface area contributed by atoms with E-state index in [9.17, 15) is 4.79 Å². The molecule has 0 aliphatic rings. The molecular weight excluding hydrogens is 178 g/mol. The number of ether oxygens (including phenoxy) is 1. The second kappa shape index (κ2) is 4.20. The van der Waals surface area contributed by atoms with Crippen LogP contribution in [0.4, 0.5) is 0 Å². The van der Waals surface area contributed by atoms with Crippen molar-refractivity contribution in [2.75, 3.05) is 7.11 Å². The van der Waals surface area contributed by atoms with Crippen molar-refractivity contribution in [3.8, 4) is 0 Å². The monoisotopic (exact) mass is 187 g/mol. The Balaban J connectivity index is 2.70. The van der Waals surface area contributed by atoms with Crippen molar-refractivity contribution in [3.63, 3.8) is 0 Å². The van der Waals surface area contributed by atoms with Gasteiger partial charge in [-0.1, -0.05) is 0 Å². The summed E-state index contributed by atoms with van der Waals surface area (Å²) in [5.74, 6) is 4.54. The molecular formula is C7H9NO3S. The zero-order valence-electron chi connectivity index (χ0n) is 6.57. The quantitative estimate of drug-likeness (QED) is 0.564. The fraction of sp³-hybridized carbons (Fsp3) is 0.286. The lowest BCUT2D eigenvalue weighted by atomic mass is 10.4. The van der Waals surface area contributed by atoms with Crippen LogP contribution < -0.4 is 5.90 Å². The van der Waals surface area contributed by atoms with Gasteiger partial charge >= 0.3 is 5.97 Å². The third kappa shape index (κ3) is 2.04. The van der Waals surface area contributed by atoms with Crippen LogP contribution >= 0.6 is 11.3 Å². The fourth-order valence-electron chi connectivity index (χ4n) is 0.748. The summed E-state index contributed by atoms with van der Waals surface area (Å²) in [5, 5.41) is 0. The van der Waals surface area contributed by atoms with Crippen molar-refractivity contribution in [1.82, 2.24) is 0 Å². The first-order valence-corrected chi connectivity index (χ1v) is 4.08. The summed E-state index contributed by atoms with van der Waals surface area (Å²) in [6, 6.07) is 3.47. The molecule has 5 heteroatoms. The molecule has 0 aliphatic heterocycles. The second-order valence-electron chi connectivity index (χ2n) is 2.07. The molecule has 0 atom stereocenters. The van der Waals surface area contributed by atoms with E-state index in [0.717, 1.165) is 4.88 Å². The molecule has 0 spiro atoms. The third-order valence-corrected chi connectivity index (χ3v) is 2.31. The van der Waals surface area contributed by atoms with E-state index >= 15 is 0 Å². The second-order valence-corrected chi connectivity index (χ2v) is 3.24. The number of nitrogens with two attached hydrogens (primary N) is 1. The van der Waals surface area contributed by atoms with Crippen molar-refractivity contribution in [1.29, 1.82) is 0 Å². The maximum absolute atomic E-state index is 10.9. The number of hydrogen-bond acceptors (Lipinski definition) is 5. The van der Waals surface area contributed by atoms with Crippen molar-refractivity contribution in [2.24, 2.45) is 5.90 Å². The zero-order chi connectivity index (χ0) is 8.97. The van der Waals surface area contributed by atoms with E-state index in [-0.39, 0.29) is 5.97 Å². The van der Waals surface area contributed by atoms with E-state index in [1.807, 2.05) is 0 Å². The van der Waals surface area contributed by atoms with E-state index < -0.39 is 0 Å². The Morgan fingerprint density at radius 1 is 1.67 bits per heavy atom. The summed E-state index contributed by atoms with van der Waals surface area (Å²) in [6.07, 6.45) is 0. The first-order valence-electron chi connectivity index (χ1n) is 3.26. The largest absolute Gasteiger partial charge is 0.465 e. The molecule has 0 unspecified atom stereocenters. The molecule has 1 rings (SSSR count). The highest BCUT2D eigenvalue weighted by Gasteiger charge is 2.08. The summed E-state index contributed by atoms with van der Waals surface area (Å²) in [4.78, 5) is 16.8. The topological polar surface area (TPSA) is 61.5 Å². The van der Waals surface area contributed by atoms with E-state index in [0.29, 0.717) is 11.5 Å². The van der Waals surface area contributed by atoms with Crippen LogP contribution in [-0.2, 0) is 16.2 Å². The highest BCUT2D eigenvalue weighted by Crippen LogP contribution is 2.17. The molecule has 0 aromatic carbocycles. The number of carbonyl (C=O) groups is 1. The van der Waals surface area contributed by atoms with E-state index in [1.165, 1.54) is 18.4 Å². The lowest BCUT2D eigenvalue weighted by Gasteiger charge is -1.92. The maximum atomic E-state index is 10.9. The highest BCUT2D eigenvalue weighted by atomic mass is 32.1. The molecule has 0 saturated heterocycles. The van der Waals surface area contributed by atoms with Crippen molar-refractivity contribution >= 4 is 17.3 Å². The predicted molar refractivity (Wildman–Crippen MR) is 44.6 cm³/mol. The normalized spacial score (nSPS) is 9.83. The molecule has 12 heavy (non-hydrogen) atoms. The minimum atomic E-state index is -0.330. The van der Waals surface area contributed by atoms with Gasteiger partial charge in [0.15, 0.2) is 0 Å². The van der Waals surface area contributed by atoms with Crippen molar-refractivity contribution in [2.45, 2.75) is 6.61 Å². The van der Waals surface area contributed by atoms with Crippen LogP contribution in [0.2, 0.25) is 0 Å². The van der Waals surface area contributed by atoms with Crippen LogP contribution in [0, 0.1) is 0 Å². The third-order valence-electron chi connectivity index (χ3n) is 1.27. The highest BCUT2D eigenvalue weighted by molar-refractivity contribution is 7.13. The molecule has 1 aromatic heterocycles. The number of methoxy groups -OCH3 is 1. The zero-order valence-corrected chi connectivity index (χ0v) is 7.39. The van der Waals surface area contributed by atoms with E-state index in [1.54, 1.807) is 12.1 Å². The number of esters is 1. The standard InChI is InChI=1S/C7H9NO3S/c1-10-7(9)6-3-2-5(12-6)4-11-8/h2-3H,4,8H2,1H3. The van der Waals surface area contributed by atoms with Crippen LogP contribution in [-0.4, -0.2) is 13.1 Å². The Kier molecular flexibility index (Phi) is 3.21. The molecule has 4 nitrogen and oxygen atoms in total. The summed E-state index contributed by atoms with van der Waals surface area (Å²) in [7, 11) is 1.35. The van der Waals surface area contributed by atoms with Crippen molar-refractivity contribution in [3.05, 3.63) is 21.9 Å². The molecule has 0 radical (unpaired) electrons. The summed E-state index contributed by atoms with van der Waals surface area (Å²) < 4.78 is 4.53. The van der Waals surface area contributed by atoms with Gasteiger partial charge in [0.2, 0.25) is 0 Å². The van der Waals surface area contributed by atoms with Gasteiger partial charge in [0.25, 0.3) is 0 Å². The van der Waals surface area contributed by atoms with Crippen LogP contribution in [0.1, 0.15) is 14.5 Å². The Bertz CT molecular complexity index is 271. The molecule has 0 aliphatic carbocycles. The van der Waals surface area contributed by atoms with E-state index in [2.05, 4.69) is 9.57 Å². The minimum absolute atomic E-state index is 0.321. The van der Waals surface area contributed by atoms with Gasteiger partial charge in [-0.3, -0.25) is 4.84 Å². The van der Waals surface area contributed by atoms with Gasteiger partial charge in [-0.2, -0.15) is 0 Å². The molecule has 0 saturated carbocycles. The first-order chi connectivity index (χ1) is 5.77. The Morgan fingerprint density at radius 3 is 3.00 bits per heavy atom. The molecule has 1 aromatic rings. The smallest absolute Gasteiger partial charge is 0.348 e. The van der Waals surface area contributed by atoms with Crippen LogP contribution in [0.3, 0.4) is 0 Å². The van der Waals surface area contributed by atoms with Gasteiger partial charge in [0.05, 0.1) is 7.11 Å². The predicted octanol–water partition coefficient (Wildman–Crippen LogP) is 0.925.